The van der Waals surface area contributed by atoms with Crippen LogP contribution in [0.25, 0.3) is 0 Å². The Morgan fingerprint density at radius 3 is 2.85 bits per heavy atom. The van der Waals surface area contributed by atoms with E-state index in [1.54, 1.807) is 0 Å². The van der Waals surface area contributed by atoms with Crippen LogP contribution in [-0.2, 0) is 6.61 Å². The van der Waals surface area contributed by atoms with Crippen molar-refractivity contribution in [3.8, 4) is 5.75 Å². The van der Waals surface area contributed by atoms with Gasteiger partial charge in [-0.2, -0.15) is 0 Å². The van der Waals surface area contributed by atoms with Crippen LogP contribution in [-0.4, -0.2) is 9.91 Å². The second kappa shape index (κ2) is 5.70. The maximum Gasteiger partial charge on any atom is 0.314 e. The maximum absolute atomic E-state index is 13.6. The number of hydrogen-bond donors (Lipinski definition) is 1. The van der Waals surface area contributed by atoms with E-state index in [1.165, 1.54) is 18.2 Å². The highest BCUT2D eigenvalue weighted by molar-refractivity contribution is 6.31. The molecule has 0 atom stereocenters. The van der Waals surface area contributed by atoms with Gasteiger partial charge >= 0.3 is 5.69 Å². The average Bonchev–Trinajstić information content (AvgIpc) is 2.40. The molecule has 2 aromatic rings. The van der Waals surface area contributed by atoms with Crippen LogP contribution < -0.4 is 10.5 Å². The van der Waals surface area contributed by atoms with Gasteiger partial charge in [0.25, 0.3) is 0 Å². The summed E-state index contributed by atoms with van der Waals surface area (Å²) < 4.78 is 18.7. The Kier molecular flexibility index (Phi) is 3.99. The molecule has 0 saturated heterocycles. The van der Waals surface area contributed by atoms with Crippen molar-refractivity contribution in [2.45, 2.75) is 6.61 Å². The van der Waals surface area contributed by atoms with Crippen LogP contribution in [0.5, 0.6) is 5.75 Å². The summed E-state index contributed by atoms with van der Waals surface area (Å²) in [6.45, 7) is -0.231. The van der Waals surface area contributed by atoms with Crippen LogP contribution in [0.4, 0.5) is 15.9 Å². The fourth-order valence-electron chi connectivity index (χ4n) is 1.53. The number of ether oxygens (including phenoxy) is 1. The molecule has 0 bridgehead atoms. The van der Waals surface area contributed by atoms with Gasteiger partial charge in [0.15, 0.2) is 5.82 Å². The van der Waals surface area contributed by atoms with Gasteiger partial charge in [-0.25, -0.2) is 9.37 Å². The standard InChI is InChI=1S/C12H9ClFN3O3/c13-7-4-5-11(15)16-9(7)6-20-12-8(14)2-1-3-10(12)17(18)19/h1-5H,6H2,(H2,15,16). The molecule has 8 heteroatoms. The smallest absolute Gasteiger partial charge is 0.314 e. The predicted octanol–water partition coefficient (Wildman–Crippen LogP) is 2.94. The SMILES string of the molecule is Nc1ccc(Cl)c(COc2c(F)cccc2[N+](=O)[O-])n1. The molecule has 6 nitrogen and oxygen atoms in total. The topological polar surface area (TPSA) is 91.3 Å². The van der Waals surface area contributed by atoms with Crippen molar-refractivity contribution < 1.29 is 14.1 Å². The van der Waals surface area contributed by atoms with Crippen LogP contribution in [0, 0.1) is 15.9 Å². The number of nitrogen functional groups attached to an aromatic ring is 1. The third-order valence-corrected chi connectivity index (χ3v) is 2.78. The Labute approximate surface area is 118 Å². The zero-order valence-corrected chi connectivity index (χ0v) is 10.8. The molecule has 0 saturated carbocycles. The van der Waals surface area contributed by atoms with Crippen LogP contribution >= 0.6 is 11.6 Å². The number of nitro benzene ring substituents is 1. The highest BCUT2D eigenvalue weighted by Crippen LogP contribution is 2.30. The van der Waals surface area contributed by atoms with Crippen LogP contribution in [0.1, 0.15) is 5.69 Å². The van der Waals surface area contributed by atoms with Gasteiger partial charge in [-0.1, -0.05) is 17.7 Å². The fraction of sp³-hybridized carbons (Fsp3) is 0.0833. The molecule has 0 spiro atoms. The quantitative estimate of drug-likeness (QED) is 0.692. The number of anilines is 1. The number of pyridine rings is 1. The van der Waals surface area contributed by atoms with Gasteiger partial charge < -0.3 is 10.5 Å². The van der Waals surface area contributed by atoms with E-state index in [-0.39, 0.29) is 23.1 Å². The lowest BCUT2D eigenvalue weighted by atomic mass is 10.3. The Morgan fingerprint density at radius 2 is 2.15 bits per heavy atom. The molecule has 0 fully saturated rings. The van der Waals surface area contributed by atoms with Gasteiger partial charge in [-0.3, -0.25) is 10.1 Å². The highest BCUT2D eigenvalue weighted by Gasteiger charge is 2.20. The van der Waals surface area contributed by atoms with E-state index >= 15 is 0 Å². The molecule has 1 aromatic heterocycles. The number of nitrogens with two attached hydrogens (primary N) is 1. The summed E-state index contributed by atoms with van der Waals surface area (Å²) >= 11 is 5.88. The zero-order valence-electron chi connectivity index (χ0n) is 10.0. The number of rotatable bonds is 4. The largest absolute Gasteiger partial charge is 0.478 e. The molecule has 2 rings (SSSR count). The molecule has 0 aliphatic rings. The average molecular weight is 298 g/mol. The molecule has 1 aromatic carbocycles. The minimum atomic E-state index is -0.834. The van der Waals surface area contributed by atoms with Gasteiger partial charge in [0.05, 0.1) is 15.6 Å². The molecule has 104 valence electrons. The van der Waals surface area contributed by atoms with Gasteiger partial charge in [0, 0.05) is 6.07 Å². The van der Waals surface area contributed by atoms with Crippen LogP contribution in [0.3, 0.4) is 0 Å². The minimum Gasteiger partial charge on any atom is -0.478 e. The van der Waals surface area contributed by atoms with Gasteiger partial charge in [0.2, 0.25) is 5.75 Å². The zero-order chi connectivity index (χ0) is 14.7. The second-order valence-corrected chi connectivity index (χ2v) is 4.21. The lowest BCUT2D eigenvalue weighted by Crippen LogP contribution is -2.04. The highest BCUT2D eigenvalue weighted by atomic mass is 35.5. The number of benzene rings is 1. The number of hydrogen-bond acceptors (Lipinski definition) is 5. The molecule has 1 heterocycles. The van der Waals surface area contributed by atoms with Crippen LogP contribution in [0.2, 0.25) is 5.02 Å². The molecule has 0 unspecified atom stereocenters. The molecule has 0 aliphatic carbocycles. The molecule has 0 amide bonds. The summed E-state index contributed by atoms with van der Waals surface area (Å²) in [6.07, 6.45) is 0. The van der Waals surface area contributed by atoms with Gasteiger partial charge in [-0.05, 0) is 18.2 Å². The first kappa shape index (κ1) is 14.0. The minimum absolute atomic E-state index is 0.219. The number of aromatic nitrogens is 1. The van der Waals surface area contributed by atoms with Crippen molar-refractivity contribution in [2.75, 3.05) is 5.73 Å². The van der Waals surface area contributed by atoms with Gasteiger partial charge in [-0.15, -0.1) is 0 Å². The van der Waals surface area contributed by atoms with Crippen molar-refractivity contribution in [1.29, 1.82) is 0 Å². The lowest BCUT2D eigenvalue weighted by Gasteiger charge is -2.08. The summed E-state index contributed by atoms with van der Waals surface area (Å²) in [5.74, 6) is -1.08. The third-order valence-electron chi connectivity index (χ3n) is 2.44. The summed E-state index contributed by atoms with van der Waals surface area (Å²) in [5, 5.41) is 11.1. The van der Waals surface area contributed by atoms with E-state index in [0.717, 1.165) is 12.1 Å². The Hall–Kier alpha value is -2.41. The number of nitro groups is 1. The summed E-state index contributed by atoms with van der Waals surface area (Å²) in [4.78, 5) is 14.0. The molecular formula is C12H9ClFN3O3. The molecule has 0 aliphatic heterocycles. The van der Waals surface area contributed by atoms with Crippen LogP contribution in [0.15, 0.2) is 30.3 Å². The fourth-order valence-corrected chi connectivity index (χ4v) is 1.69. The summed E-state index contributed by atoms with van der Waals surface area (Å²) in [5.41, 5.74) is 5.30. The lowest BCUT2D eigenvalue weighted by molar-refractivity contribution is -0.386. The third kappa shape index (κ3) is 2.94. The monoisotopic (exact) mass is 297 g/mol. The van der Waals surface area contributed by atoms with E-state index in [4.69, 9.17) is 22.1 Å². The number of nitrogens with zero attached hydrogens (tertiary/aromatic N) is 2. The predicted molar refractivity (Wildman–Crippen MR) is 71.0 cm³/mol. The Morgan fingerprint density at radius 1 is 1.40 bits per heavy atom. The summed E-state index contributed by atoms with van der Waals surface area (Å²) in [7, 11) is 0. The Bertz CT molecular complexity index is 666. The van der Waals surface area contributed by atoms with Gasteiger partial charge in [0.1, 0.15) is 12.4 Å². The Balaban J connectivity index is 2.27. The van der Waals surface area contributed by atoms with Crippen molar-refractivity contribution in [3.05, 3.63) is 57.0 Å². The van der Waals surface area contributed by atoms with E-state index in [0.29, 0.717) is 0 Å². The maximum atomic E-state index is 13.6. The van der Waals surface area contributed by atoms with Crippen molar-refractivity contribution in [3.63, 3.8) is 0 Å². The normalized spacial score (nSPS) is 10.3. The van der Waals surface area contributed by atoms with Crippen molar-refractivity contribution in [2.24, 2.45) is 0 Å². The van der Waals surface area contributed by atoms with E-state index in [9.17, 15) is 14.5 Å². The first-order valence-electron chi connectivity index (χ1n) is 5.45. The number of halogens is 2. The second-order valence-electron chi connectivity index (χ2n) is 3.80. The molecule has 0 radical (unpaired) electrons. The first-order chi connectivity index (χ1) is 9.49. The van der Waals surface area contributed by atoms with E-state index in [2.05, 4.69) is 4.98 Å². The van der Waals surface area contributed by atoms with Crippen molar-refractivity contribution >= 4 is 23.1 Å². The first-order valence-corrected chi connectivity index (χ1v) is 5.83. The van der Waals surface area contributed by atoms with Crippen molar-refractivity contribution in [1.82, 2.24) is 4.98 Å². The molecule has 2 N–H and O–H groups in total. The van der Waals surface area contributed by atoms with E-state index < -0.39 is 22.2 Å². The number of para-hydroxylation sites is 1. The molecule has 20 heavy (non-hydrogen) atoms. The summed E-state index contributed by atoms with van der Waals surface area (Å²) in [6, 6.07) is 6.45. The molecular weight excluding hydrogens is 289 g/mol. The van der Waals surface area contributed by atoms with E-state index in [1.807, 2.05) is 0 Å².